The van der Waals surface area contributed by atoms with Crippen LogP contribution in [0.25, 0.3) is 11.2 Å². The highest BCUT2D eigenvalue weighted by molar-refractivity contribution is 9.10. The Bertz CT molecular complexity index is 535. The van der Waals surface area contributed by atoms with Crippen molar-refractivity contribution in [2.24, 2.45) is 5.73 Å². The average molecular weight is 311 g/mol. The van der Waals surface area contributed by atoms with Gasteiger partial charge in [-0.2, -0.15) is 0 Å². The van der Waals surface area contributed by atoms with Crippen molar-refractivity contribution in [3.05, 3.63) is 22.6 Å². The molecule has 2 rings (SSSR count). The molecule has 4 nitrogen and oxygen atoms in total. The smallest absolute Gasteiger partial charge is 0.160 e. The van der Waals surface area contributed by atoms with Crippen LogP contribution in [0.2, 0.25) is 0 Å². The average Bonchev–Trinajstić information content (AvgIpc) is 2.72. The van der Waals surface area contributed by atoms with Gasteiger partial charge in [0.1, 0.15) is 11.3 Å². The van der Waals surface area contributed by atoms with Crippen molar-refractivity contribution in [3.63, 3.8) is 0 Å². The zero-order chi connectivity index (χ0) is 13.1. The van der Waals surface area contributed by atoms with Gasteiger partial charge in [-0.25, -0.2) is 9.97 Å². The molecule has 2 aromatic heterocycles. The Labute approximate surface area is 116 Å². The van der Waals surface area contributed by atoms with E-state index in [1.165, 1.54) is 0 Å². The maximum Gasteiger partial charge on any atom is 0.160 e. The lowest BCUT2D eigenvalue weighted by Gasteiger charge is -2.14. The maximum atomic E-state index is 5.80. The number of unbranched alkanes of at least 4 members (excludes halogenated alkanes) is 1. The maximum absolute atomic E-state index is 5.80. The molecule has 0 aromatic carbocycles. The first kappa shape index (κ1) is 13.5. The monoisotopic (exact) mass is 310 g/mol. The zero-order valence-electron chi connectivity index (χ0n) is 10.9. The third kappa shape index (κ3) is 2.57. The molecule has 0 fully saturated rings. The molecule has 0 spiro atoms. The first-order valence-corrected chi connectivity index (χ1v) is 7.19. The Morgan fingerprint density at radius 2 is 2.28 bits per heavy atom. The Morgan fingerprint density at radius 3 is 2.94 bits per heavy atom. The molecule has 0 amide bonds. The van der Waals surface area contributed by atoms with Gasteiger partial charge in [0.15, 0.2) is 5.65 Å². The molecule has 5 heteroatoms. The van der Waals surface area contributed by atoms with Gasteiger partial charge < -0.3 is 10.3 Å². The normalized spacial score (nSPS) is 13.1. The van der Waals surface area contributed by atoms with Crippen LogP contribution in [0.5, 0.6) is 0 Å². The van der Waals surface area contributed by atoms with Gasteiger partial charge in [0.25, 0.3) is 0 Å². The molecule has 2 heterocycles. The summed E-state index contributed by atoms with van der Waals surface area (Å²) in [6.07, 6.45) is 5.10. The third-order valence-corrected chi connectivity index (χ3v) is 3.54. The number of imidazole rings is 1. The number of nitrogens with two attached hydrogens (primary N) is 1. The summed E-state index contributed by atoms with van der Waals surface area (Å²) in [6.45, 7) is 4.90. The highest BCUT2D eigenvalue weighted by Crippen LogP contribution is 2.22. The van der Waals surface area contributed by atoms with Crippen molar-refractivity contribution in [1.82, 2.24) is 14.5 Å². The van der Waals surface area contributed by atoms with Crippen LogP contribution in [0.3, 0.4) is 0 Å². The fourth-order valence-corrected chi connectivity index (χ4v) is 2.40. The van der Waals surface area contributed by atoms with E-state index in [0.717, 1.165) is 40.7 Å². The Hall–Kier alpha value is -0.940. The predicted octanol–water partition coefficient (Wildman–Crippen LogP) is 3.06. The van der Waals surface area contributed by atoms with Crippen LogP contribution in [0.4, 0.5) is 0 Å². The van der Waals surface area contributed by atoms with Crippen LogP contribution in [0.15, 0.2) is 16.7 Å². The quantitative estimate of drug-likeness (QED) is 0.923. The minimum atomic E-state index is 0.232. The fraction of sp³-hybridized carbons (Fsp3) is 0.538. The van der Waals surface area contributed by atoms with E-state index >= 15 is 0 Å². The fourth-order valence-electron chi connectivity index (χ4n) is 2.08. The summed E-state index contributed by atoms with van der Waals surface area (Å²) < 4.78 is 3.14. The number of pyridine rings is 1. The zero-order valence-corrected chi connectivity index (χ0v) is 12.4. The lowest BCUT2D eigenvalue weighted by atomic mass is 10.2. The molecule has 98 valence electrons. The van der Waals surface area contributed by atoms with Crippen molar-refractivity contribution in [2.45, 2.75) is 39.2 Å². The van der Waals surface area contributed by atoms with Gasteiger partial charge in [-0.15, -0.1) is 0 Å². The highest BCUT2D eigenvalue weighted by atomic mass is 79.9. The van der Waals surface area contributed by atoms with E-state index in [0.29, 0.717) is 6.54 Å². The molecular weight excluding hydrogens is 292 g/mol. The van der Waals surface area contributed by atoms with E-state index in [2.05, 4.69) is 39.3 Å². The first-order valence-electron chi connectivity index (χ1n) is 6.39. The van der Waals surface area contributed by atoms with Crippen molar-refractivity contribution in [1.29, 1.82) is 0 Å². The van der Waals surface area contributed by atoms with E-state index in [-0.39, 0.29) is 6.04 Å². The van der Waals surface area contributed by atoms with Crippen molar-refractivity contribution >= 4 is 27.1 Å². The largest absolute Gasteiger partial charge is 0.328 e. The number of halogens is 1. The molecule has 2 N–H and O–H groups in total. The lowest BCUT2D eigenvalue weighted by Crippen LogP contribution is -2.18. The van der Waals surface area contributed by atoms with Crippen molar-refractivity contribution in [3.8, 4) is 0 Å². The van der Waals surface area contributed by atoms with Crippen molar-refractivity contribution in [2.75, 3.05) is 6.54 Å². The highest BCUT2D eigenvalue weighted by Gasteiger charge is 2.15. The molecule has 0 bridgehead atoms. The molecule has 0 saturated carbocycles. The van der Waals surface area contributed by atoms with Gasteiger partial charge in [0.2, 0.25) is 0 Å². The lowest BCUT2D eigenvalue weighted by molar-refractivity contribution is 0.537. The van der Waals surface area contributed by atoms with Crippen LogP contribution in [0, 0.1) is 0 Å². The van der Waals surface area contributed by atoms with Gasteiger partial charge in [-0.05, 0) is 35.3 Å². The van der Waals surface area contributed by atoms with Crippen LogP contribution in [0.1, 0.15) is 38.6 Å². The molecule has 1 unspecified atom stereocenters. The van der Waals surface area contributed by atoms with Crippen molar-refractivity contribution < 1.29 is 0 Å². The van der Waals surface area contributed by atoms with E-state index in [1.54, 1.807) is 0 Å². The second-order valence-corrected chi connectivity index (χ2v) is 5.50. The third-order valence-electron chi connectivity index (χ3n) is 3.11. The van der Waals surface area contributed by atoms with Gasteiger partial charge in [-0.1, -0.05) is 13.3 Å². The Morgan fingerprint density at radius 1 is 1.50 bits per heavy atom. The van der Waals surface area contributed by atoms with Crippen LogP contribution >= 0.6 is 15.9 Å². The summed E-state index contributed by atoms with van der Waals surface area (Å²) >= 11 is 3.44. The SMILES string of the molecule is CCCCc1nc2cc(Br)cnc2n1C(C)CN. The predicted molar refractivity (Wildman–Crippen MR) is 77.6 cm³/mol. The minimum Gasteiger partial charge on any atom is -0.328 e. The van der Waals surface area contributed by atoms with Crippen LogP contribution < -0.4 is 5.73 Å². The second-order valence-electron chi connectivity index (χ2n) is 4.58. The number of aromatic nitrogens is 3. The molecule has 18 heavy (non-hydrogen) atoms. The van der Waals surface area contributed by atoms with Crippen LogP contribution in [-0.2, 0) is 6.42 Å². The summed E-state index contributed by atoms with van der Waals surface area (Å²) in [6, 6.07) is 2.24. The molecule has 0 aliphatic carbocycles. The van der Waals surface area contributed by atoms with Gasteiger partial charge in [0, 0.05) is 29.7 Å². The van der Waals surface area contributed by atoms with Gasteiger partial charge in [0.05, 0.1) is 0 Å². The first-order chi connectivity index (χ1) is 8.67. The molecule has 1 atom stereocenters. The number of nitrogens with zero attached hydrogens (tertiary/aromatic N) is 3. The standard InChI is InChI=1S/C13H19BrN4/c1-3-4-5-12-17-11-6-10(14)8-16-13(11)18(12)9(2)7-15/h6,8-9H,3-5,7,15H2,1-2H3. The summed E-state index contributed by atoms with van der Waals surface area (Å²) in [5.41, 5.74) is 7.67. The van der Waals surface area contributed by atoms with Gasteiger partial charge >= 0.3 is 0 Å². The Kier molecular flexibility index (Phi) is 4.35. The van der Waals surface area contributed by atoms with E-state index in [9.17, 15) is 0 Å². The molecule has 0 aliphatic rings. The number of aryl methyl sites for hydroxylation is 1. The van der Waals surface area contributed by atoms with Gasteiger partial charge in [-0.3, -0.25) is 0 Å². The van der Waals surface area contributed by atoms with E-state index in [1.807, 2.05) is 12.3 Å². The second kappa shape index (κ2) is 5.80. The molecular formula is C13H19BrN4. The number of fused-ring (bicyclic) bond motifs is 1. The molecule has 0 aliphatic heterocycles. The number of hydrogen-bond acceptors (Lipinski definition) is 3. The summed E-state index contributed by atoms with van der Waals surface area (Å²) in [7, 11) is 0. The number of rotatable bonds is 5. The topological polar surface area (TPSA) is 56.7 Å². The molecule has 0 saturated heterocycles. The Balaban J connectivity index is 2.53. The van der Waals surface area contributed by atoms with E-state index in [4.69, 9.17) is 10.7 Å². The minimum absolute atomic E-state index is 0.232. The summed E-state index contributed by atoms with van der Waals surface area (Å²) in [5, 5.41) is 0. The summed E-state index contributed by atoms with van der Waals surface area (Å²) in [5.74, 6) is 1.09. The number of hydrogen-bond donors (Lipinski definition) is 1. The molecule has 2 aromatic rings. The van der Waals surface area contributed by atoms with E-state index < -0.39 is 0 Å². The van der Waals surface area contributed by atoms with Crippen LogP contribution in [-0.4, -0.2) is 21.1 Å². The summed E-state index contributed by atoms with van der Waals surface area (Å²) in [4.78, 5) is 9.17. The molecule has 0 radical (unpaired) electrons.